The lowest BCUT2D eigenvalue weighted by molar-refractivity contribution is 0.103. The van der Waals surface area contributed by atoms with Crippen LogP contribution in [-0.4, -0.2) is 11.6 Å². The molecule has 2 aromatic carbocycles. The van der Waals surface area contributed by atoms with Crippen molar-refractivity contribution in [1.29, 1.82) is 0 Å². The largest absolute Gasteiger partial charge is 0.382 e. The normalized spacial score (nSPS) is 11.2. The van der Waals surface area contributed by atoms with Crippen LogP contribution in [0, 0.1) is 0 Å². The maximum atomic E-state index is 12.3. The Balaban J connectivity index is 2.49. The molecule has 18 heavy (non-hydrogen) atoms. The lowest BCUT2D eigenvalue weighted by atomic mass is 9.98. The van der Waals surface area contributed by atoms with E-state index in [1.165, 1.54) is 0 Å². The van der Waals surface area contributed by atoms with E-state index in [4.69, 9.17) is 11.6 Å². The summed E-state index contributed by atoms with van der Waals surface area (Å²) in [4.78, 5) is 12.3. The highest BCUT2D eigenvalue weighted by Gasteiger charge is 2.14. The fourth-order valence-corrected chi connectivity index (χ4v) is 1.72. The molecule has 0 fully saturated rings. The van der Waals surface area contributed by atoms with Crippen molar-refractivity contribution in [3.05, 3.63) is 71.3 Å². The highest BCUT2D eigenvalue weighted by molar-refractivity contribution is 6.15. The smallest absolute Gasteiger partial charge is 0.193 e. The fourth-order valence-electron chi connectivity index (χ4n) is 1.72. The molecule has 0 saturated heterocycles. The Morgan fingerprint density at radius 1 is 0.889 bits per heavy atom. The molecule has 4 N–H and O–H groups in total. The summed E-state index contributed by atoms with van der Waals surface area (Å²) >= 11 is 0. The Hall–Kier alpha value is -2.62. The first-order valence-corrected chi connectivity index (χ1v) is 5.46. The van der Waals surface area contributed by atoms with Gasteiger partial charge in [-0.05, 0) is 0 Å². The lowest BCUT2D eigenvalue weighted by Crippen LogP contribution is -2.19. The van der Waals surface area contributed by atoms with Gasteiger partial charge < -0.3 is 11.6 Å². The molecule has 0 aliphatic rings. The number of nitrogens with two attached hydrogens (primary N) is 2. The maximum absolute atomic E-state index is 12.3. The summed E-state index contributed by atoms with van der Waals surface area (Å²) in [6, 6.07) is 16.0. The minimum atomic E-state index is -0.0993. The van der Waals surface area contributed by atoms with Crippen LogP contribution in [0.5, 0.6) is 0 Å². The van der Waals surface area contributed by atoms with Crippen LogP contribution >= 0.6 is 0 Å². The van der Waals surface area contributed by atoms with E-state index >= 15 is 0 Å². The van der Waals surface area contributed by atoms with Gasteiger partial charge in [-0.3, -0.25) is 4.79 Å². The minimum Gasteiger partial charge on any atom is -0.382 e. The van der Waals surface area contributed by atoms with Crippen molar-refractivity contribution in [2.45, 2.75) is 0 Å². The van der Waals surface area contributed by atoms with Gasteiger partial charge in [-0.1, -0.05) is 54.6 Å². The molecule has 0 radical (unpaired) electrons. The van der Waals surface area contributed by atoms with E-state index in [1.807, 2.05) is 18.2 Å². The van der Waals surface area contributed by atoms with Crippen molar-refractivity contribution in [2.24, 2.45) is 16.7 Å². The topological polar surface area (TPSA) is 81.5 Å². The Bertz CT molecular complexity index is 591. The zero-order chi connectivity index (χ0) is 13.0. The molecule has 0 unspecified atom stereocenters. The van der Waals surface area contributed by atoms with Crippen LogP contribution in [0.1, 0.15) is 21.5 Å². The number of hydrogen-bond donors (Lipinski definition) is 2. The molecule has 0 atom stereocenters. The van der Waals surface area contributed by atoms with Crippen molar-refractivity contribution >= 4 is 11.6 Å². The molecule has 2 aromatic rings. The Morgan fingerprint density at radius 2 is 1.44 bits per heavy atom. The molecule has 2 rings (SSSR count). The monoisotopic (exact) mass is 239 g/mol. The molecule has 0 amide bonds. The van der Waals surface area contributed by atoms with Crippen LogP contribution in [0.15, 0.2) is 59.7 Å². The van der Waals surface area contributed by atoms with Crippen molar-refractivity contribution in [3.8, 4) is 0 Å². The van der Waals surface area contributed by atoms with Crippen LogP contribution in [0.25, 0.3) is 0 Å². The third-order valence-electron chi connectivity index (χ3n) is 2.62. The van der Waals surface area contributed by atoms with Gasteiger partial charge in [0.05, 0.1) is 0 Å². The predicted molar refractivity (Wildman–Crippen MR) is 71.2 cm³/mol. The van der Waals surface area contributed by atoms with Gasteiger partial charge in [0.1, 0.15) is 0 Å². The van der Waals surface area contributed by atoms with E-state index in [0.717, 1.165) is 0 Å². The van der Waals surface area contributed by atoms with Gasteiger partial charge in [-0.15, -0.1) is 0 Å². The van der Waals surface area contributed by atoms with Gasteiger partial charge in [-0.25, -0.2) is 0 Å². The van der Waals surface area contributed by atoms with Gasteiger partial charge in [0, 0.05) is 16.7 Å². The molecule has 90 valence electrons. The first kappa shape index (κ1) is 11.9. The summed E-state index contributed by atoms with van der Waals surface area (Å²) in [6.07, 6.45) is 0. The molecule has 0 heterocycles. The number of hydrogen-bond acceptors (Lipinski definition) is 3. The van der Waals surface area contributed by atoms with E-state index in [1.54, 1.807) is 36.4 Å². The van der Waals surface area contributed by atoms with E-state index in [2.05, 4.69) is 5.10 Å². The summed E-state index contributed by atoms with van der Waals surface area (Å²) in [7, 11) is 0. The molecule has 0 saturated carbocycles. The summed E-state index contributed by atoms with van der Waals surface area (Å²) in [5, 5.41) is 3.44. The van der Waals surface area contributed by atoms with Crippen LogP contribution in [0.3, 0.4) is 0 Å². The molecule has 0 bridgehead atoms. The number of hydrazone groups is 1. The molecule has 0 aliphatic heterocycles. The minimum absolute atomic E-state index is 0.0993. The maximum Gasteiger partial charge on any atom is 0.193 e. The fraction of sp³-hybridized carbons (Fsp3) is 0. The van der Waals surface area contributed by atoms with Crippen LogP contribution in [0.2, 0.25) is 0 Å². The van der Waals surface area contributed by atoms with Gasteiger partial charge in [0.15, 0.2) is 11.6 Å². The van der Waals surface area contributed by atoms with Gasteiger partial charge >= 0.3 is 0 Å². The highest BCUT2D eigenvalue weighted by atomic mass is 16.1. The number of carbonyl (C=O) groups excluding carboxylic acids is 1. The van der Waals surface area contributed by atoms with Crippen molar-refractivity contribution in [1.82, 2.24) is 0 Å². The van der Waals surface area contributed by atoms with Crippen molar-refractivity contribution in [2.75, 3.05) is 0 Å². The zero-order valence-electron chi connectivity index (χ0n) is 9.71. The summed E-state index contributed by atoms with van der Waals surface area (Å²) in [6.45, 7) is 0. The van der Waals surface area contributed by atoms with E-state index in [0.29, 0.717) is 16.7 Å². The molecular weight excluding hydrogens is 226 g/mol. The third kappa shape index (κ3) is 2.22. The van der Waals surface area contributed by atoms with Gasteiger partial charge in [0.2, 0.25) is 0 Å². The molecule has 0 aromatic heterocycles. The number of amidine groups is 1. The average Bonchev–Trinajstić information content (AvgIpc) is 2.46. The third-order valence-corrected chi connectivity index (χ3v) is 2.62. The second-order valence-electron chi connectivity index (χ2n) is 3.76. The SMILES string of the molecule is N/N=C(\N)c1ccccc1C(=O)c1ccccc1. The summed E-state index contributed by atoms with van der Waals surface area (Å²) < 4.78 is 0. The Morgan fingerprint density at radius 3 is 2.06 bits per heavy atom. The number of carbonyl (C=O) groups is 1. The first-order chi connectivity index (χ1) is 8.74. The second kappa shape index (κ2) is 5.14. The number of nitrogens with zero attached hydrogens (tertiary/aromatic N) is 1. The molecule has 0 aliphatic carbocycles. The van der Waals surface area contributed by atoms with E-state index < -0.39 is 0 Å². The first-order valence-electron chi connectivity index (χ1n) is 5.46. The Labute approximate surface area is 105 Å². The quantitative estimate of drug-likeness (QED) is 0.280. The van der Waals surface area contributed by atoms with Gasteiger partial charge in [-0.2, -0.15) is 5.10 Å². The summed E-state index contributed by atoms with van der Waals surface area (Å²) in [5.74, 6) is 5.21. The van der Waals surface area contributed by atoms with Crippen LogP contribution in [-0.2, 0) is 0 Å². The molecule has 4 nitrogen and oxygen atoms in total. The van der Waals surface area contributed by atoms with Crippen LogP contribution in [0.4, 0.5) is 0 Å². The zero-order valence-corrected chi connectivity index (χ0v) is 9.71. The number of ketones is 1. The number of benzene rings is 2. The highest BCUT2D eigenvalue weighted by Crippen LogP contribution is 2.14. The van der Waals surface area contributed by atoms with E-state index in [-0.39, 0.29) is 11.6 Å². The molecule has 4 heteroatoms. The standard InChI is InChI=1S/C14H13N3O/c15-14(17-16)12-9-5-4-8-11(12)13(18)10-6-2-1-3-7-10/h1-9H,16H2,(H2,15,17). The van der Waals surface area contributed by atoms with E-state index in [9.17, 15) is 4.79 Å². The van der Waals surface area contributed by atoms with Crippen molar-refractivity contribution < 1.29 is 4.79 Å². The second-order valence-corrected chi connectivity index (χ2v) is 3.76. The van der Waals surface area contributed by atoms with Crippen molar-refractivity contribution in [3.63, 3.8) is 0 Å². The number of rotatable bonds is 3. The molecule has 0 spiro atoms. The summed E-state index contributed by atoms with van der Waals surface area (Å²) in [5.41, 5.74) is 7.34. The average molecular weight is 239 g/mol. The molecular formula is C14H13N3O. The lowest BCUT2D eigenvalue weighted by Gasteiger charge is -2.07. The van der Waals surface area contributed by atoms with Gasteiger partial charge in [0.25, 0.3) is 0 Å². The Kier molecular flexibility index (Phi) is 3.38. The van der Waals surface area contributed by atoms with Crippen LogP contribution < -0.4 is 11.6 Å². The predicted octanol–water partition coefficient (Wildman–Crippen LogP) is 1.50.